The molecule has 1 atom stereocenters. The molecule has 2 nitrogen and oxygen atoms in total. The summed E-state index contributed by atoms with van der Waals surface area (Å²) in [5.41, 5.74) is 0. The second-order valence-electron chi connectivity index (χ2n) is 5.79. The molecule has 0 heterocycles. The fraction of sp³-hybridized carbons (Fsp3) is 1.00. The van der Waals surface area contributed by atoms with Crippen LogP contribution in [-0.4, -0.2) is 19.5 Å². The molecule has 0 spiro atoms. The van der Waals surface area contributed by atoms with E-state index in [0.717, 1.165) is 19.6 Å². The lowest BCUT2D eigenvalue weighted by Crippen LogP contribution is -2.19. The van der Waals surface area contributed by atoms with Gasteiger partial charge in [0.15, 0.2) is 6.29 Å². The van der Waals surface area contributed by atoms with Gasteiger partial charge in [-0.05, 0) is 25.7 Å². The summed E-state index contributed by atoms with van der Waals surface area (Å²) in [6.45, 7) is 8.46. The van der Waals surface area contributed by atoms with E-state index < -0.39 is 0 Å². The van der Waals surface area contributed by atoms with Crippen molar-refractivity contribution in [3.63, 3.8) is 0 Å². The van der Waals surface area contributed by atoms with Gasteiger partial charge in [-0.2, -0.15) is 0 Å². The van der Waals surface area contributed by atoms with Crippen LogP contribution in [0.25, 0.3) is 0 Å². The number of hydrogen-bond acceptors (Lipinski definition) is 2. The Kier molecular flexibility index (Phi) is 16.9. The number of hydrogen-bond donors (Lipinski definition) is 0. The van der Waals surface area contributed by atoms with E-state index in [1.807, 2.05) is 0 Å². The molecule has 2 heteroatoms. The smallest absolute Gasteiger partial charge is 0.157 e. The van der Waals surface area contributed by atoms with Crippen LogP contribution >= 0.6 is 0 Å². The molecular formula is C18H38O2. The highest BCUT2D eigenvalue weighted by Crippen LogP contribution is 2.12. The minimum Gasteiger partial charge on any atom is -0.353 e. The van der Waals surface area contributed by atoms with Gasteiger partial charge in [-0.15, -0.1) is 0 Å². The summed E-state index contributed by atoms with van der Waals surface area (Å²) in [6, 6.07) is 0. The van der Waals surface area contributed by atoms with Gasteiger partial charge in [0, 0.05) is 13.2 Å². The van der Waals surface area contributed by atoms with Crippen molar-refractivity contribution in [2.24, 2.45) is 0 Å². The van der Waals surface area contributed by atoms with Gasteiger partial charge in [0.1, 0.15) is 0 Å². The zero-order valence-electron chi connectivity index (χ0n) is 14.3. The van der Waals surface area contributed by atoms with Crippen LogP contribution < -0.4 is 0 Å². The summed E-state index contributed by atoms with van der Waals surface area (Å²) in [7, 11) is 0. The van der Waals surface area contributed by atoms with E-state index in [1.165, 1.54) is 70.6 Å². The first-order valence-electron chi connectivity index (χ1n) is 9.08. The molecule has 122 valence electrons. The van der Waals surface area contributed by atoms with Crippen LogP contribution in [0, 0.1) is 0 Å². The first-order chi connectivity index (χ1) is 9.85. The first kappa shape index (κ1) is 19.9. The van der Waals surface area contributed by atoms with E-state index in [0.29, 0.717) is 0 Å². The molecule has 0 fully saturated rings. The average molecular weight is 286 g/mol. The summed E-state index contributed by atoms with van der Waals surface area (Å²) in [5.74, 6) is 0. The van der Waals surface area contributed by atoms with E-state index in [-0.39, 0.29) is 6.29 Å². The fourth-order valence-electron chi connectivity index (χ4n) is 2.26. The molecule has 0 aromatic rings. The van der Waals surface area contributed by atoms with Gasteiger partial charge in [-0.1, -0.05) is 72.1 Å². The van der Waals surface area contributed by atoms with Gasteiger partial charge < -0.3 is 9.47 Å². The lowest BCUT2D eigenvalue weighted by atomic mass is 10.1. The molecule has 1 unspecified atom stereocenters. The SMILES string of the molecule is CCCCCCOC(CCCCCC)OCCCCC. The van der Waals surface area contributed by atoms with Crippen molar-refractivity contribution in [3.05, 3.63) is 0 Å². The largest absolute Gasteiger partial charge is 0.353 e. The highest BCUT2D eigenvalue weighted by atomic mass is 16.7. The highest BCUT2D eigenvalue weighted by molar-refractivity contribution is 4.50. The van der Waals surface area contributed by atoms with Gasteiger partial charge in [0.2, 0.25) is 0 Å². The van der Waals surface area contributed by atoms with Gasteiger partial charge >= 0.3 is 0 Å². The maximum absolute atomic E-state index is 5.93. The van der Waals surface area contributed by atoms with Crippen LogP contribution in [0.2, 0.25) is 0 Å². The zero-order chi connectivity index (χ0) is 14.9. The van der Waals surface area contributed by atoms with E-state index in [2.05, 4.69) is 20.8 Å². The van der Waals surface area contributed by atoms with Crippen molar-refractivity contribution in [1.82, 2.24) is 0 Å². The third-order valence-corrected chi connectivity index (χ3v) is 3.65. The topological polar surface area (TPSA) is 18.5 Å². The van der Waals surface area contributed by atoms with Gasteiger partial charge in [-0.25, -0.2) is 0 Å². The number of unbranched alkanes of at least 4 members (excludes halogenated alkanes) is 8. The average Bonchev–Trinajstić information content (AvgIpc) is 2.47. The second-order valence-corrected chi connectivity index (χ2v) is 5.79. The van der Waals surface area contributed by atoms with E-state index in [4.69, 9.17) is 9.47 Å². The molecule has 0 N–H and O–H groups in total. The number of rotatable bonds is 16. The van der Waals surface area contributed by atoms with Gasteiger partial charge in [0.25, 0.3) is 0 Å². The summed E-state index contributed by atoms with van der Waals surface area (Å²) in [4.78, 5) is 0. The minimum atomic E-state index is 0.0466. The molecule has 0 aliphatic heterocycles. The molecule has 0 aliphatic rings. The molecule has 0 aromatic heterocycles. The highest BCUT2D eigenvalue weighted by Gasteiger charge is 2.08. The lowest BCUT2D eigenvalue weighted by Gasteiger charge is -2.18. The molecule has 0 saturated heterocycles. The molecule has 20 heavy (non-hydrogen) atoms. The van der Waals surface area contributed by atoms with E-state index >= 15 is 0 Å². The maximum Gasteiger partial charge on any atom is 0.157 e. The van der Waals surface area contributed by atoms with Crippen LogP contribution in [0.1, 0.15) is 97.8 Å². The minimum absolute atomic E-state index is 0.0466. The lowest BCUT2D eigenvalue weighted by molar-refractivity contribution is -0.148. The van der Waals surface area contributed by atoms with Crippen LogP contribution in [0.15, 0.2) is 0 Å². The molecule has 0 amide bonds. The van der Waals surface area contributed by atoms with Gasteiger partial charge in [-0.3, -0.25) is 0 Å². The van der Waals surface area contributed by atoms with Crippen LogP contribution in [0.5, 0.6) is 0 Å². The summed E-state index contributed by atoms with van der Waals surface area (Å²) < 4.78 is 11.8. The molecular weight excluding hydrogens is 248 g/mol. The molecule has 0 bridgehead atoms. The number of ether oxygens (including phenoxy) is 2. The van der Waals surface area contributed by atoms with Gasteiger partial charge in [0.05, 0.1) is 0 Å². The zero-order valence-corrected chi connectivity index (χ0v) is 14.3. The van der Waals surface area contributed by atoms with E-state index in [1.54, 1.807) is 0 Å². The van der Waals surface area contributed by atoms with Crippen LogP contribution in [0.4, 0.5) is 0 Å². The Hall–Kier alpha value is -0.0800. The summed E-state index contributed by atoms with van der Waals surface area (Å²) in [5, 5.41) is 0. The van der Waals surface area contributed by atoms with Crippen molar-refractivity contribution < 1.29 is 9.47 Å². The van der Waals surface area contributed by atoms with E-state index in [9.17, 15) is 0 Å². The Balaban J connectivity index is 3.67. The maximum atomic E-state index is 5.93. The quantitative estimate of drug-likeness (QED) is 0.252. The fourth-order valence-corrected chi connectivity index (χ4v) is 2.26. The van der Waals surface area contributed by atoms with Crippen molar-refractivity contribution in [2.45, 2.75) is 104 Å². The third-order valence-electron chi connectivity index (χ3n) is 3.65. The van der Waals surface area contributed by atoms with Crippen molar-refractivity contribution >= 4 is 0 Å². The molecule has 0 saturated carbocycles. The summed E-state index contributed by atoms with van der Waals surface area (Å²) >= 11 is 0. The standard InChI is InChI=1S/C18H38O2/c1-4-7-10-12-15-18(19-16-13-9-6-3)20-17-14-11-8-5-2/h18H,4-17H2,1-3H3. The predicted molar refractivity (Wildman–Crippen MR) is 88.1 cm³/mol. The first-order valence-corrected chi connectivity index (χ1v) is 9.08. The Bertz CT molecular complexity index is 159. The van der Waals surface area contributed by atoms with Crippen LogP contribution in [-0.2, 0) is 9.47 Å². The molecule has 0 rings (SSSR count). The second kappa shape index (κ2) is 17.0. The summed E-state index contributed by atoms with van der Waals surface area (Å²) in [6.07, 6.45) is 15.0. The normalized spacial score (nSPS) is 12.8. The van der Waals surface area contributed by atoms with Crippen molar-refractivity contribution in [2.75, 3.05) is 13.2 Å². The Morgan fingerprint density at radius 2 is 1.00 bits per heavy atom. The monoisotopic (exact) mass is 286 g/mol. The van der Waals surface area contributed by atoms with Crippen molar-refractivity contribution in [3.8, 4) is 0 Å². The van der Waals surface area contributed by atoms with Crippen LogP contribution in [0.3, 0.4) is 0 Å². The predicted octanol–water partition coefficient (Wildman–Crippen LogP) is 6.09. The third kappa shape index (κ3) is 14.3. The van der Waals surface area contributed by atoms with Crippen molar-refractivity contribution in [1.29, 1.82) is 0 Å². The molecule has 0 radical (unpaired) electrons. The Labute approximate surface area is 127 Å². The Morgan fingerprint density at radius 1 is 0.550 bits per heavy atom. The molecule has 0 aliphatic carbocycles. The molecule has 0 aromatic carbocycles. The Morgan fingerprint density at radius 3 is 1.55 bits per heavy atom.